The van der Waals surface area contributed by atoms with Crippen molar-refractivity contribution in [3.63, 3.8) is 0 Å². The molecule has 2 amide bonds. The minimum atomic E-state index is -0.743. The predicted molar refractivity (Wildman–Crippen MR) is 254 cm³/mol. The molecule has 7 aromatic rings. The molecule has 9 rings (SSSR count). The van der Waals surface area contributed by atoms with Crippen LogP contribution >= 0.6 is 27.5 Å². The molecule has 2 aliphatic rings. The molecule has 0 atom stereocenters. The molecule has 1 aliphatic carbocycles. The summed E-state index contributed by atoms with van der Waals surface area (Å²) < 4.78 is 58.1. The molecule has 4 aromatic heterocycles. The van der Waals surface area contributed by atoms with E-state index in [1.165, 1.54) is 40.0 Å². The van der Waals surface area contributed by atoms with Gasteiger partial charge in [0.15, 0.2) is 28.8 Å². The first-order valence-corrected chi connectivity index (χ1v) is 22.9. The maximum absolute atomic E-state index is 15.1. The van der Waals surface area contributed by atoms with Gasteiger partial charge in [0.1, 0.15) is 41.6 Å². The van der Waals surface area contributed by atoms with Gasteiger partial charge < -0.3 is 40.6 Å². The van der Waals surface area contributed by atoms with Crippen molar-refractivity contribution in [1.82, 2.24) is 44.4 Å². The molecular formula is C46H42BrClF3N13O5. The van der Waals surface area contributed by atoms with E-state index in [2.05, 4.69) is 63.2 Å². The fourth-order valence-corrected chi connectivity index (χ4v) is 8.26. The van der Waals surface area contributed by atoms with E-state index in [-0.39, 0.29) is 102 Å². The van der Waals surface area contributed by atoms with Gasteiger partial charge in [-0.25, -0.2) is 32.9 Å². The van der Waals surface area contributed by atoms with Crippen LogP contribution in [0.2, 0.25) is 5.02 Å². The van der Waals surface area contributed by atoms with Crippen LogP contribution in [0.1, 0.15) is 58.9 Å². The molecule has 5 N–H and O–H groups in total. The average molecular weight is 1030 g/mol. The number of nitrogens with zero attached hydrogens (tertiary/aromatic N) is 9. The lowest BCUT2D eigenvalue weighted by atomic mass is 10.0. The second-order valence-corrected chi connectivity index (χ2v) is 17.7. The van der Waals surface area contributed by atoms with E-state index in [1.807, 2.05) is 4.90 Å². The van der Waals surface area contributed by atoms with E-state index in [4.69, 9.17) is 31.8 Å². The van der Waals surface area contributed by atoms with Crippen LogP contribution < -0.4 is 26.0 Å². The summed E-state index contributed by atoms with van der Waals surface area (Å²) in [5.74, 6) is -1.61. The van der Waals surface area contributed by atoms with Crippen molar-refractivity contribution in [2.24, 2.45) is 0 Å². The van der Waals surface area contributed by atoms with Gasteiger partial charge in [-0.3, -0.25) is 9.59 Å². The van der Waals surface area contributed by atoms with Crippen LogP contribution in [0, 0.1) is 24.4 Å². The first-order chi connectivity index (χ1) is 33.2. The largest absolute Gasteiger partial charge is 0.488 e. The zero-order valence-electron chi connectivity index (χ0n) is 36.8. The highest BCUT2D eigenvalue weighted by molar-refractivity contribution is 9.10. The van der Waals surface area contributed by atoms with E-state index >= 15 is 4.39 Å². The third-order valence-electron chi connectivity index (χ3n) is 11.7. The number of H-pyrrole nitrogens is 1. The Kier molecular flexibility index (Phi) is 13.4. The lowest BCUT2D eigenvalue weighted by molar-refractivity contribution is -0.116. The van der Waals surface area contributed by atoms with Crippen LogP contribution in [0.3, 0.4) is 0 Å². The van der Waals surface area contributed by atoms with Gasteiger partial charge in [-0.05, 0) is 95.6 Å². The Morgan fingerprint density at radius 3 is 2.59 bits per heavy atom. The van der Waals surface area contributed by atoms with Gasteiger partial charge >= 0.3 is 6.09 Å². The maximum atomic E-state index is 15.1. The minimum Gasteiger partial charge on any atom is -0.488 e. The molecular weight excluding hydrogens is 987 g/mol. The number of ketones is 1. The number of carbonyl (C=O) groups is 3. The van der Waals surface area contributed by atoms with Crippen molar-refractivity contribution in [3.05, 3.63) is 117 Å². The van der Waals surface area contributed by atoms with Gasteiger partial charge in [-0.2, -0.15) is 19.6 Å². The van der Waals surface area contributed by atoms with Gasteiger partial charge in [0.25, 0.3) is 5.91 Å². The molecule has 2 fully saturated rings. The van der Waals surface area contributed by atoms with Crippen LogP contribution in [0.4, 0.5) is 41.4 Å². The van der Waals surface area contributed by atoms with Crippen molar-refractivity contribution in [2.45, 2.75) is 45.1 Å². The molecule has 356 valence electrons. The number of anilines is 4. The van der Waals surface area contributed by atoms with Crippen LogP contribution in [0.25, 0.3) is 27.9 Å². The first-order valence-electron chi connectivity index (χ1n) is 21.7. The van der Waals surface area contributed by atoms with Gasteiger partial charge in [0.05, 0.1) is 39.9 Å². The molecule has 18 nitrogen and oxygen atoms in total. The molecule has 1 aliphatic heterocycles. The van der Waals surface area contributed by atoms with Crippen molar-refractivity contribution < 1.29 is 37.0 Å². The van der Waals surface area contributed by atoms with Gasteiger partial charge in [-0.15, -0.1) is 0 Å². The number of hydrogen-bond acceptors (Lipinski definition) is 14. The first kappa shape index (κ1) is 46.8. The SMILES string of the molecule is C=C(COC(=O)N1CCN(c2nc(NCc3nc4c(F)c(Cl)ccc4[nH]3)n3ncc(Br)c3n2)CC1)C(=O)CCCOc1c(N)ncnc1-c1cc(F)cc(NC(=O)c2ccc(C3CC3)cc2F)c1C. The molecule has 69 heavy (non-hydrogen) atoms. The van der Waals surface area contributed by atoms with Gasteiger partial charge in [0.2, 0.25) is 11.9 Å². The number of fused-ring (bicyclic) bond motifs is 2. The second-order valence-electron chi connectivity index (χ2n) is 16.4. The van der Waals surface area contributed by atoms with E-state index < -0.39 is 29.5 Å². The lowest BCUT2D eigenvalue weighted by Crippen LogP contribution is -2.49. The number of nitrogen functional groups attached to an aromatic ring is 1. The average Bonchev–Trinajstić information content (AvgIpc) is 4.01. The molecule has 23 heteroatoms. The van der Waals surface area contributed by atoms with Crippen molar-refractivity contribution in [3.8, 4) is 17.0 Å². The van der Waals surface area contributed by atoms with Crippen molar-refractivity contribution in [2.75, 3.05) is 60.7 Å². The Morgan fingerprint density at radius 1 is 1.03 bits per heavy atom. The van der Waals surface area contributed by atoms with E-state index in [0.29, 0.717) is 57.9 Å². The number of halogens is 5. The highest BCUT2D eigenvalue weighted by Crippen LogP contribution is 2.41. The monoisotopic (exact) mass is 1030 g/mol. The highest BCUT2D eigenvalue weighted by atomic mass is 79.9. The maximum Gasteiger partial charge on any atom is 0.410 e. The fourth-order valence-electron chi connectivity index (χ4n) is 7.76. The molecule has 1 saturated heterocycles. The number of imidazole rings is 1. The van der Waals surface area contributed by atoms with Gasteiger partial charge in [0, 0.05) is 49.4 Å². The van der Waals surface area contributed by atoms with Crippen molar-refractivity contribution >= 4 is 85.4 Å². The molecule has 0 bridgehead atoms. The standard InChI is InChI=1S/C46H42BrClF3N13O5/c1-23(21-69-46(67)63-13-11-62(12-14-63)45-60-42-30(47)19-56-64(42)44(61-45)53-20-36-57-33-10-9-31(48)37(51)39(33)59-36)35(65)4-3-15-68-40-38(54-22-55-41(40)52)29-17-27(49)18-34(24(29)2)58-43(66)28-8-7-26(16-32(28)50)25-5-6-25/h7-10,16-19,22,25H,1,3-6,11-15,20-21H2,2H3,(H,57,59)(H,58,66)(H2,52,54,55)(H,53,60,61). The van der Waals surface area contributed by atoms with E-state index in [0.717, 1.165) is 24.5 Å². The number of piperazine rings is 1. The Labute approximate surface area is 404 Å². The number of aromatic amines is 1. The predicted octanol–water partition coefficient (Wildman–Crippen LogP) is 8.17. The number of hydrogen-bond donors (Lipinski definition) is 4. The number of nitrogens with one attached hydrogen (secondary N) is 3. The Morgan fingerprint density at radius 2 is 1.83 bits per heavy atom. The molecule has 0 unspecified atom stereocenters. The summed E-state index contributed by atoms with van der Waals surface area (Å²) in [6.07, 6.45) is 4.30. The zero-order chi connectivity index (χ0) is 48.5. The Bertz CT molecular complexity index is 3180. The van der Waals surface area contributed by atoms with Crippen LogP contribution in [0.5, 0.6) is 5.75 Å². The third kappa shape index (κ3) is 10.1. The second kappa shape index (κ2) is 19.7. The number of rotatable bonds is 16. The topological polar surface area (TPSA) is 224 Å². The van der Waals surface area contributed by atoms with Crippen molar-refractivity contribution in [1.29, 1.82) is 0 Å². The van der Waals surface area contributed by atoms with Crippen LogP contribution in [-0.4, -0.2) is 102 Å². The summed E-state index contributed by atoms with van der Waals surface area (Å²) >= 11 is 9.42. The number of aromatic nitrogens is 8. The number of Topliss-reactive ketones (excluding diaryl/α,β-unsaturated/α-hetero) is 1. The summed E-state index contributed by atoms with van der Waals surface area (Å²) in [7, 11) is 0. The van der Waals surface area contributed by atoms with Gasteiger partial charge in [-0.1, -0.05) is 24.2 Å². The fraction of sp³-hybridized carbons (Fsp3) is 0.283. The third-order valence-corrected chi connectivity index (χ3v) is 12.5. The zero-order valence-corrected chi connectivity index (χ0v) is 39.1. The summed E-state index contributed by atoms with van der Waals surface area (Å²) in [5, 5.41) is 10.1. The molecule has 0 radical (unpaired) electrons. The summed E-state index contributed by atoms with van der Waals surface area (Å²) in [5.41, 5.74) is 8.92. The summed E-state index contributed by atoms with van der Waals surface area (Å²) in [6, 6.07) is 9.94. The lowest BCUT2D eigenvalue weighted by Gasteiger charge is -2.34. The van der Waals surface area contributed by atoms with Crippen LogP contribution in [0.15, 0.2) is 71.6 Å². The Hall–Kier alpha value is -7.33. The summed E-state index contributed by atoms with van der Waals surface area (Å²) in [6.45, 7) is 6.54. The number of nitrogens with two attached hydrogens (primary N) is 1. The molecule has 1 saturated carbocycles. The van der Waals surface area contributed by atoms with Crippen LogP contribution in [-0.2, 0) is 16.1 Å². The molecule has 3 aromatic carbocycles. The van der Waals surface area contributed by atoms with E-state index in [1.54, 1.807) is 25.3 Å². The van der Waals surface area contributed by atoms with E-state index in [9.17, 15) is 23.2 Å². The molecule has 5 heterocycles. The minimum absolute atomic E-state index is 0.00839. The number of carbonyl (C=O) groups excluding carboxylic acids is 3. The normalized spacial score (nSPS) is 13.8. The molecule has 0 spiro atoms. The quantitative estimate of drug-likeness (QED) is 0.0530. The number of ether oxygens (including phenoxy) is 2. The summed E-state index contributed by atoms with van der Waals surface area (Å²) in [4.78, 5) is 67.8. The Balaban J connectivity index is 0.751. The number of amides is 2. The number of benzene rings is 3. The smallest absolute Gasteiger partial charge is 0.410 e. The highest BCUT2D eigenvalue weighted by Gasteiger charge is 2.28.